The van der Waals surface area contributed by atoms with E-state index in [0.717, 1.165) is 22.5 Å². The fourth-order valence-corrected chi connectivity index (χ4v) is 4.26. The highest BCUT2D eigenvalue weighted by Gasteiger charge is 2.34. The molecule has 11 heteroatoms. The van der Waals surface area contributed by atoms with Crippen LogP contribution in [0.5, 0.6) is 0 Å². The average molecular weight is 426 g/mol. The summed E-state index contributed by atoms with van der Waals surface area (Å²) in [7, 11) is -4.24. The van der Waals surface area contributed by atoms with E-state index in [9.17, 15) is 30.8 Å². The second-order valence-corrected chi connectivity index (χ2v) is 8.26. The third-order valence-electron chi connectivity index (χ3n) is 4.20. The second-order valence-electron chi connectivity index (χ2n) is 6.36. The second kappa shape index (κ2) is 9.19. The minimum atomic E-state index is -4.61. The molecule has 0 bridgehead atoms. The summed E-state index contributed by atoms with van der Waals surface area (Å²) in [4.78, 5) is 12.4. The van der Waals surface area contributed by atoms with E-state index in [1.165, 1.54) is 0 Å². The summed E-state index contributed by atoms with van der Waals surface area (Å²) in [5.41, 5.74) is -0.311. The standard InChI is InChI=1S/C17H22F4N2O4S/c1-2-3-6-22(12-17(19,20)21)16(24)13-4-5-14(18)15(11-13)28(25,26)23-7-9-27-10-8-23/h4-5,11H,2-3,6-10,12H2,1H3. The number of sulfonamides is 1. The average Bonchev–Trinajstić information content (AvgIpc) is 2.64. The summed E-state index contributed by atoms with van der Waals surface area (Å²) < 4.78 is 84.1. The molecule has 0 aromatic heterocycles. The molecular weight excluding hydrogens is 404 g/mol. The van der Waals surface area contributed by atoms with Crippen LogP contribution in [-0.4, -0.2) is 69.1 Å². The number of carbonyl (C=O) groups is 1. The number of ether oxygens (including phenoxy) is 1. The molecule has 0 aliphatic carbocycles. The Kier molecular flexibility index (Phi) is 7.40. The topological polar surface area (TPSA) is 66.9 Å². The van der Waals surface area contributed by atoms with E-state index in [4.69, 9.17) is 4.74 Å². The van der Waals surface area contributed by atoms with Crippen molar-refractivity contribution in [3.63, 3.8) is 0 Å². The molecule has 6 nitrogen and oxygen atoms in total. The van der Waals surface area contributed by atoms with Crippen LogP contribution < -0.4 is 0 Å². The number of benzene rings is 1. The normalized spacial score (nSPS) is 16.2. The van der Waals surface area contributed by atoms with Crippen molar-refractivity contribution >= 4 is 15.9 Å². The van der Waals surface area contributed by atoms with Crippen LogP contribution in [0.25, 0.3) is 0 Å². The maximum Gasteiger partial charge on any atom is 0.406 e. The van der Waals surface area contributed by atoms with Crippen molar-refractivity contribution in [1.29, 1.82) is 0 Å². The lowest BCUT2D eigenvalue weighted by Crippen LogP contribution is -2.41. The van der Waals surface area contributed by atoms with Crippen molar-refractivity contribution in [2.45, 2.75) is 30.8 Å². The van der Waals surface area contributed by atoms with Crippen LogP contribution in [0.2, 0.25) is 0 Å². The summed E-state index contributed by atoms with van der Waals surface area (Å²) in [6, 6.07) is 2.58. The van der Waals surface area contributed by atoms with E-state index in [1.54, 1.807) is 6.92 Å². The number of unbranched alkanes of at least 4 members (excludes halogenated alkanes) is 1. The largest absolute Gasteiger partial charge is 0.406 e. The lowest BCUT2D eigenvalue weighted by molar-refractivity contribution is -0.140. The van der Waals surface area contributed by atoms with Gasteiger partial charge < -0.3 is 9.64 Å². The summed E-state index contributed by atoms with van der Waals surface area (Å²) >= 11 is 0. The van der Waals surface area contributed by atoms with Crippen molar-refractivity contribution in [1.82, 2.24) is 9.21 Å². The molecule has 1 aromatic carbocycles. The lowest BCUT2D eigenvalue weighted by atomic mass is 10.2. The molecule has 2 rings (SSSR count). The van der Waals surface area contributed by atoms with Gasteiger partial charge >= 0.3 is 6.18 Å². The van der Waals surface area contributed by atoms with E-state index in [-0.39, 0.29) is 38.4 Å². The van der Waals surface area contributed by atoms with Gasteiger partial charge in [-0.2, -0.15) is 17.5 Å². The molecule has 1 saturated heterocycles. The zero-order valence-corrected chi connectivity index (χ0v) is 16.2. The van der Waals surface area contributed by atoms with Crippen molar-refractivity contribution in [3.05, 3.63) is 29.6 Å². The monoisotopic (exact) mass is 426 g/mol. The molecule has 1 heterocycles. The van der Waals surface area contributed by atoms with E-state index in [1.807, 2.05) is 0 Å². The highest BCUT2D eigenvalue weighted by Crippen LogP contribution is 2.24. The van der Waals surface area contributed by atoms with E-state index >= 15 is 0 Å². The maximum atomic E-state index is 14.2. The van der Waals surface area contributed by atoms with Crippen LogP contribution in [0, 0.1) is 5.82 Å². The fraction of sp³-hybridized carbons (Fsp3) is 0.588. The molecule has 1 fully saturated rings. The molecule has 0 saturated carbocycles. The molecule has 28 heavy (non-hydrogen) atoms. The molecule has 0 N–H and O–H groups in total. The van der Waals surface area contributed by atoms with Gasteiger partial charge in [0.25, 0.3) is 5.91 Å². The van der Waals surface area contributed by atoms with Crippen molar-refractivity contribution in [3.8, 4) is 0 Å². The van der Waals surface area contributed by atoms with Crippen LogP contribution in [0.1, 0.15) is 30.1 Å². The Morgan fingerprint density at radius 2 is 1.89 bits per heavy atom. The first kappa shape index (κ1) is 22.6. The number of amides is 1. The minimum Gasteiger partial charge on any atom is -0.379 e. The van der Waals surface area contributed by atoms with Gasteiger partial charge in [0.2, 0.25) is 10.0 Å². The number of rotatable bonds is 7. The third-order valence-corrected chi connectivity index (χ3v) is 6.12. The molecule has 158 valence electrons. The van der Waals surface area contributed by atoms with Gasteiger partial charge in [-0.15, -0.1) is 0 Å². The molecular formula is C17H22F4N2O4S. The smallest absolute Gasteiger partial charge is 0.379 e. The summed E-state index contributed by atoms with van der Waals surface area (Å²) in [6.07, 6.45) is -3.68. The Balaban J connectivity index is 2.35. The highest BCUT2D eigenvalue weighted by molar-refractivity contribution is 7.89. The van der Waals surface area contributed by atoms with Crippen LogP contribution in [0.3, 0.4) is 0 Å². The van der Waals surface area contributed by atoms with Crippen LogP contribution in [0.4, 0.5) is 17.6 Å². The Morgan fingerprint density at radius 3 is 2.46 bits per heavy atom. The minimum absolute atomic E-state index is 0.0245. The van der Waals surface area contributed by atoms with E-state index in [2.05, 4.69) is 0 Å². The Bertz CT molecular complexity index is 793. The maximum absolute atomic E-state index is 14.2. The van der Waals surface area contributed by atoms with Gasteiger partial charge in [0, 0.05) is 25.2 Å². The summed E-state index contributed by atoms with van der Waals surface area (Å²) in [6.45, 7) is 0.507. The Labute approximate surface area is 161 Å². The predicted octanol–water partition coefficient (Wildman–Crippen LogP) is 2.65. The van der Waals surface area contributed by atoms with Crippen molar-refractivity contribution in [2.75, 3.05) is 39.4 Å². The number of hydrogen-bond acceptors (Lipinski definition) is 4. The quantitative estimate of drug-likeness (QED) is 0.629. The first-order chi connectivity index (χ1) is 13.1. The van der Waals surface area contributed by atoms with Gasteiger partial charge in [-0.1, -0.05) is 13.3 Å². The van der Waals surface area contributed by atoms with Gasteiger partial charge in [0.1, 0.15) is 17.3 Å². The number of hydrogen-bond donors (Lipinski definition) is 0. The number of morpholine rings is 1. The van der Waals surface area contributed by atoms with Gasteiger partial charge in [-0.25, -0.2) is 12.8 Å². The fourth-order valence-electron chi connectivity index (χ4n) is 2.76. The Morgan fingerprint density at radius 1 is 1.25 bits per heavy atom. The van der Waals surface area contributed by atoms with Crippen LogP contribution in [0.15, 0.2) is 23.1 Å². The molecule has 0 radical (unpaired) electrons. The zero-order chi connectivity index (χ0) is 20.9. The van der Waals surface area contributed by atoms with Gasteiger partial charge in [0.05, 0.1) is 13.2 Å². The number of alkyl halides is 3. The third kappa shape index (κ3) is 5.65. The van der Waals surface area contributed by atoms with Gasteiger partial charge in [0.15, 0.2) is 0 Å². The molecule has 0 atom stereocenters. The summed E-state index contributed by atoms with van der Waals surface area (Å²) in [5.74, 6) is -2.07. The summed E-state index contributed by atoms with van der Waals surface area (Å²) in [5, 5.41) is 0. The first-order valence-electron chi connectivity index (χ1n) is 8.79. The Hall–Kier alpha value is -1.72. The number of carbonyl (C=O) groups excluding carboxylic acids is 1. The number of nitrogens with zero attached hydrogens (tertiary/aromatic N) is 2. The van der Waals surface area contributed by atoms with Crippen molar-refractivity contribution < 1.29 is 35.5 Å². The zero-order valence-electron chi connectivity index (χ0n) is 15.3. The lowest BCUT2D eigenvalue weighted by Gasteiger charge is -2.27. The highest BCUT2D eigenvalue weighted by atomic mass is 32.2. The van der Waals surface area contributed by atoms with E-state index < -0.39 is 39.4 Å². The molecule has 0 unspecified atom stereocenters. The molecule has 0 spiro atoms. The molecule has 1 aromatic rings. The first-order valence-corrected chi connectivity index (χ1v) is 10.2. The van der Waals surface area contributed by atoms with Gasteiger partial charge in [-0.05, 0) is 24.6 Å². The SMILES string of the molecule is CCCCN(CC(F)(F)F)C(=O)c1ccc(F)c(S(=O)(=O)N2CCOCC2)c1. The molecule has 1 amide bonds. The van der Waals surface area contributed by atoms with E-state index in [0.29, 0.717) is 17.7 Å². The molecule has 1 aliphatic heterocycles. The van der Waals surface area contributed by atoms with Crippen LogP contribution in [-0.2, 0) is 14.8 Å². The predicted molar refractivity (Wildman–Crippen MR) is 92.8 cm³/mol. The number of halogens is 4. The van der Waals surface area contributed by atoms with Gasteiger partial charge in [-0.3, -0.25) is 4.79 Å². The van der Waals surface area contributed by atoms with Crippen LogP contribution >= 0.6 is 0 Å². The van der Waals surface area contributed by atoms with Crippen molar-refractivity contribution in [2.24, 2.45) is 0 Å². The molecule has 1 aliphatic rings.